The Labute approximate surface area is 151 Å². The number of nitrogens with zero attached hydrogens (tertiary/aromatic N) is 2. The topological polar surface area (TPSA) is 75.0 Å². The number of aryl methyl sites for hydroxylation is 2. The van der Waals surface area contributed by atoms with Crippen LogP contribution in [-0.4, -0.2) is 20.5 Å². The molecule has 5 heteroatoms. The summed E-state index contributed by atoms with van der Waals surface area (Å²) in [5.41, 5.74) is 5.82. The molecular weight excluding hydrogens is 326 g/mol. The molecule has 2 heterocycles. The summed E-state index contributed by atoms with van der Waals surface area (Å²) in [6.45, 7) is 5.59. The summed E-state index contributed by atoms with van der Waals surface area (Å²) in [5.74, 6) is 0.931. The van der Waals surface area contributed by atoms with Crippen molar-refractivity contribution in [3.63, 3.8) is 0 Å². The fourth-order valence-electron chi connectivity index (χ4n) is 3.55. The van der Waals surface area contributed by atoms with Gasteiger partial charge in [0.2, 0.25) is 0 Å². The molecule has 2 aromatic heterocycles. The lowest BCUT2D eigenvalue weighted by Crippen LogP contribution is -2.02. The molecule has 5 nitrogen and oxygen atoms in total. The van der Waals surface area contributed by atoms with Gasteiger partial charge in [-0.2, -0.15) is 0 Å². The van der Waals surface area contributed by atoms with E-state index in [0.717, 1.165) is 39.1 Å². The van der Waals surface area contributed by atoms with Crippen LogP contribution >= 0.6 is 0 Å². The Kier molecular flexibility index (Phi) is 3.65. The lowest BCUT2D eigenvalue weighted by molar-refractivity contribution is 0.393. The van der Waals surface area contributed by atoms with Gasteiger partial charge in [0, 0.05) is 22.3 Å². The summed E-state index contributed by atoms with van der Waals surface area (Å²) in [4.78, 5) is 0. The van der Waals surface area contributed by atoms with Gasteiger partial charge in [-0.05, 0) is 51.1 Å². The van der Waals surface area contributed by atoms with Crippen molar-refractivity contribution in [1.29, 1.82) is 5.41 Å². The van der Waals surface area contributed by atoms with Gasteiger partial charge in [-0.25, -0.2) is 0 Å². The molecule has 0 saturated heterocycles. The number of hydrogen-bond acceptors (Lipinski definition) is 4. The van der Waals surface area contributed by atoms with E-state index in [0.29, 0.717) is 11.5 Å². The Morgan fingerprint density at radius 3 is 2.38 bits per heavy atom. The highest BCUT2D eigenvalue weighted by atomic mass is 16.5. The SMILES string of the molecule is CC(=N)c1c(-c2c(C)noc2C)n(-c2ccc(O)cc2)c2ccccc12. The molecule has 0 aliphatic carbocycles. The summed E-state index contributed by atoms with van der Waals surface area (Å²) in [6, 6.07) is 15.1. The van der Waals surface area contributed by atoms with Gasteiger partial charge in [-0.3, -0.25) is 0 Å². The first kappa shape index (κ1) is 16.1. The number of para-hydroxylation sites is 1. The number of phenolic OH excluding ortho intramolecular Hbond substituents is 1. The second kappa shape index (κ2) is 5.88. The summed E-state index contributed by atoms with van der Waals surface area (Å²) in [7, 11) is 0. The van der Waals surface area contributed by atoms with Crippen LogP contribution in [0.15, 0.2) is 53.1 Å². The molecule has 26 heavy (non-hydrogen) atoms. The first-order valence-corrected chi connectivity index (χ1v) is 8.40. The fourth-order valence-corrected chi connectivity index (χ4v) is 3.55. The normalized spacial score (nSPS) is 11.2. The minimum atomic E-state index is 0.215. The maximum atomic E-state index is 9.68. The zero-order chi connectivity index (χ0) is 18.4. The maximum Gasteiger partial charge on any atom is 0.143 e. The molecule has 4 rings (SSSR count). The lowest BCUT2D eigenvalue weighted by Gasteiger charge is -2.12. The van der Waals surface area contributed by atoms with E-state index in [2.05, 4.69) is 9.72 Å². The number of rotatable bonds is 3. The van der Waals surface area contributed by atoms with Crippen molar-refractivity contribution in [2.24, 2.45) is 0 Å². The largest absolute Gasteiger partial charge is 0.508 e. The minimum absolute atomic E-state index is 0.215. The van der Waals surface area contributed by atoms with Gasteiger partial charge in [-0.1, -0.05) is 23.4 Å². The summed E-state index contributed by atoms with van der Waals surface area (Å²) < 4.78 is 7.52. The Hall–Kier alpha value is -3.34. The van der Waals surface area contributed by atoms with Crippen LogP contribution in [0.25, 0.3) is 27.8 Å². The van der Waals surface area contributed by atoms with Crippen LogP contribution in [0.3, 0.4) is 0 Å². The molecule has 0 spiro atoms. The van der Waals surface area contributed by atoms with Gasteiger partial charge in [0.05, 0.1) is 22.5 Å². The highest BCUT2D eigenvalue weighted by Crippen LogP contribution is 2.39. The van der Waals surface area contributed by atoms with E-state index >= 15 is 0 Å². The van der Waals surface area contributed by atoms with Crippen molar-refractivity contribution < 1.29 is 9.63 Å². The van der Waals surface area contributed by atoms with Crippen LogP contribution < -0.4 is 0 Å². The van der Waals surface area contributed by atoms with Gasteiger partial charge in [0.15, 0.2) is 0 Å². The number of benzene rings is 2. The van der Waals surface area contributed by atoms with E-state index in [4.69, 9.17) is 9.93 Å². The molecule has 2 aromatic carbocycles. The first-order chi connectivity index (χ1) is 12.5. The molecule has 2 N–H and O–H groups in total. The third-order valence-corrected chi connectivity index (χ3v) is 4.63. The van der Waals surface area contributed by atoms with Crippen LogP contribution in [0.1, 0.15) is 23.9 Å². The van der Waals surface area contributed by atoms with E-state index in [1.165, 1.54) is 0 Å². The van der Waals surface area contributed by atoms with Crippen molar-refractivity contribution >= 4 is 16.6 Å². The number of phenols is 1. The van der Waals surface area contributed by atoms with Gasteiger partial charge >= 0.3 is 0 Å². The molecule has 0 radical (unpaired) electrons. The molecule has 0 aliphatic rings. The fraction of sp³-hybridized carbons (Fsp3) is 0.143. The summed E-state index contributed by atoms with van der Waals surface area (Å²) >= 11 is 0. The van der Waals surface area contributed by atoms with Gasteiger partial charge in [0.25, 0.3) is 0 Å². The number of nitrogens with one attached hydrogen (secondary N) is 1. The quantitative estimate of drug-likeness (QED) is 0.513. The highest BCUT2D eigenvalue weighted by Gasteiger charge is 2.25. The Morgan fingerprint density at radius 1 is 1.08 bits per heavy atom. The van der Waals surface area contributed by atoms with E-state index in [1.54, 1.807) is 19.1 Å². The summed E-state index contributed by atoms with van der Waals surface area (Å²) in [6.07, 6.45) is 0. The van der Waals surface area contributed by atoms with Crippen LogP contribution in [-0.2, 0) is 0 Å². The average molecular weight is 345 g/mol. The maximum absolute atomic E-state index is 9.68. The molecule has 0 fully saturated rings. The van der Waals surface area contributed by atoms with Crippen LogP contribution in [0.4, 0.5) is 0 Å². The van der Waals surface area contributed by atoms with Crippen molar-refractivity contribution in [2.75, 3.05) is 0 Å². The van der Waals surface area contributed by atoms with Crippen molar-refractivity contribution in [2.45, 2.75) is 20.8 Å². The smallest absolute Gasteiger partial charge is 0.143 e. The van der Waals surface area contributed by atoms with E-state index in [9.17, 15) is 5.11 Å². The van der Waals surface area contributed by atoms with Gasteiger partial charge < -0.3 is 19.6 Å². The highest BCUT2D eigenvalue weighted by molar-refractivity contribution is 6.14. The lowest BCUT2D eigenvalue weighted by atomic mass is 10.0. The Morgan fingerprint density at radius 2 is 1.77 bits per heavy atom. The van der Waals surface area contributed by atoms with Crippen LogP contribution in [0.5, 0.6) is 5.75 Å². The molecule has 4 aromatic rings. The number of fused-ring (bicyclic) bond motifs is 1. The predicted octanol–water partition coefficient (Wildman–Crippen LogP) is 5.00. The molecule has 0 bridgehead atoms. The second-order valence-corrected chi connectivity index (χ2v) is 6.42. The Bertz CT molecular complexity index is 1110. The third-order valence-electron chi connectivity index (χ3n) is 4.63. The number of hydrogen-bond donors (Lipinski definition) is 2. The number of aromatic hydroxyl groups is 1. The molecule has 130 valence electrons. The molecular formula is C21H19N3O2. The van der Waals surface area contributed by atoms with Crippen molar-refractivity contribution in [3.8, 4) is 22.7 Å². The standard InChI is InChI=1S/C21H19N3O2/c1-12(22)19-17-6-4-5-7-18(17)24(15-8-10-16(25)11-9-15)21(19)20-13(2)23-26-14(20)3/h4-11,22,25H,1-3H3. The second-order valence-electron chi connectivity index (χ2n) is 6.42. The van der Waals surface area contributed by atoms with Crippen molar-refractivity contribution in [1.82, 2.24) is 9.72 Å². The average Bonchev–Trinajstić information content (AvgIpc) is 3.12. The molecule has 0 saturated carbocycles. The van der Waals surface area contributed by atoms with Gasteiger partial charge in [-0.15, -0.1) is 0 Å². The molecule has 0 unspecified atom stereocenters. The monoisotopic (exact) mass is 345 g/mol. The van der Waals surface area contributed by atoms with Crippen molar-refractivity contribution in [3.05, 3.63) is 65.5 Å². The summed E-state index contributed by atoms with van der Waals surface area (Å²) in [5, 5.41) is 23.2. The first-order valence-electron chi connectivity index (χ1n) is 8.40. The van der Waals surface area contributed by atoms with E-state index in [-0.39, 0.29) is 5.75 Å². The zero-order valence-corrected chi connectivity index (χ0v) is 14.9. The Balaban J connectivity index is 2.21. The van der Waals surface area contributed by atoms with Crippen LogP contribution in [0.2, 0.25) is 0 Å². The molecule has 0 atom stereocenters. The molecule has 0 aliphatic heterocycles. The van der Waals surface area contributed by atoms with Crippen LogP contribution in [0, 0.1) is 19.3 Å². The zero-order valence-electron chi connectivity index (χ0n) is 14.9. The third kappa shape index (κ3) is 2.32. The van der Waals surface area contributed by atoms with E-state index in [1.807, 2.05) is 50.2 Å². The molecule has 0 amide bonds. The number of aromatic nitrogens is 2. The van der Waals surface area contributed by atoms with Gasteiger partial charge in [0.1, 0.15) is 11.5 Å². The predicted molar refractivity (Wildman–Crippen MR) is 102 cm³/mol. The minimum Gasteiger partial charge on any atom is -0.508 e. The van der Waals surface area contributed by atoms with E-state index < -0.39 is 0 Å².